The number of thioether (sulfide) groups is 1. The van der Waals surface area contributed by atoms with Gasteiger partial charge in [-0.05, 0) is 49.6 Å². The molecular weight excluding hydrogens is 442 g/mol. The summed E-state index contributed by atoms with van der Waals surface area (Å²) in [5.74, 6) is 1.78. The van der Waals surface area contributed by atoms with Crippen LogP contribution in [0, 0.1) is 10.1 Å². The predicted molar refractivity (Wildman–Crippen MR) is 128 cm³/mol. The van der Waals surface area contributed by atoms with Gasteiger partial charge < -0.3 is 14.6 Å². The molecule has 1 N–H and O–H groups in total. The highest BCUT2D eigenvalue weighted by atomic mass is 32.2. The van der Waals surface area contributed by atoms with Crippen LogP contribution in [0.25, 0.3) is 0 Å². The molecule has 1 atom stereocenters. The number of amides is 1. The first-order valence-electron chi connectivity index (χ1n) is 10.6. The first kappa shape index (κ1) is 24.2. The van der Waals surface area contributed by atoms with E-state index in [1.165, 1.54) is 41.6 Å². The lowest BCUT2D eigenvalue weighted by Crippen LogP contribution is -2.15. The molecule has 0 saturated heterocycles. The predicted octanol–water partition coefficient (Wildman–Crippen LogP) is 5.20. The Morgan fingerprint density at radius 3 is 2.36 bits per heavy atom. The van der Waals surface area contributed by atoms with E-state index in [-0.39, 0.29) is 23.5 Å². The SMILES string of the molecule is CCn1c(SCC(=O)Nc2ccc([N+](=O)[O-])cc2)nnc1C(C)Oc1ccc(C(C)C)cc1. The van der Waals surface area contributed by atoms with Gasteiger partial charge in [0.25, 0.3) is 5.69 Å². The lowest BCUT2D eigenvalue weighted by Gasteiger charge is -2.16. The minimum atomic E-state index is -0.484. The van der Waals surface area contributed by atoms with Crippen molar-refractivity contribution in [1.29, 1.82) is 0 Å². The minimum Gasteiger partial charge on any atom is -0.483 e. The van der Waals surface area contributed by atoms with Crippen LogP contribution >= 0.6 is 11.8 Å². The van der Waals surface area contributed by atoms with E-state index in [9.17, 15) is 14.9 Å². The fourth-order valence-electron chi connectivity index (χ4n) is 3.19. The number of carbonyl (C=O) groups excluding carboxylic acids is 1. The van der Waals surface area contributed by atoms with Gasteiger partial charge in [-0.3, -0.25) is 14.9 Å². The van der Waals surface area contributed by atoms with E-state index >= 15 is 0 Å². The number of nitrogens with zero attached hydrogens (tertiary/aromatic N) is 4. The third-order valence-electron chi connectivity index (χ3n) is 4.98. The van der Waals surface area contributed by atoms with E-state index in [4.69, 9.17) is 4.74 Å². The molecule has 1 unspecified atom stereocenters. The third-order valence-corrected chi connectivity index (χ3v) is 5.95. The molecule has 1 aromatic heterocycles. The van der Waals surface area contributed by atoms with Gasteiger partial charge >= 0.3 is 0 Å². The van der Waals surface area contributed by atoms with Crippen molar-refractivity contribution in [3.63, 3.8) is 0 Å². The Labute approximate surface area is 196 Å². The number of hydrogen-bond donors (Lipinski definition) is 1. The summed E-state index contributed by atoms with van der Waals surface area (Å²) >= 11 is 1.27. The van der Waals surface area contributed by atoms with Crippen LogP contribution in [0.4, 0.5) is 11.4 Å². The van der Waals surface area contributed by atoms with Crippen molar-refractivity contribution in [2.24, 2.45) is 0 Å². The average Bonchev–Trinajstić information content (AvgIpc) is 3.21. The maximum atomic E-state index is 12.3. The number of carbonyl (C=O) groups is 1. The zero-order valence-electron chi connectivity index (χ0n) is 19.0. The smallest absolute Gasteiger partial charge is 0.269 e. The van der Waals surface area contributed by atoms with Crippen molar-refractivity contribution in [1.82, 2.24) is 14.8 Å². The number of hydrogen-bond acceptors (Lipinski definition) is 7. The van der Waals surface area contributed by atoms with Crippen molar-refractivity contribution in [3.8, 4) is 5.75 Å². The molecule has 33 heavy (non-hydrogen) atoms. The van der Waals surface area contributed by atoms with Crippen LogP contribution in [-0.2, 0) is 11.3 Å². The second-order valence-electron chi connectivity index (χ2n) is 7.71. The van der Waals surface area contributed by atoms with E-state index in [1.54, 1.807) is 0 Å². The van der Waals surface area contributed by atoms with Crippen LogP contribution in [0.3, 0.4) is 0 Å². The van der Waals surface area contributed by atoms with Crippen molar-refractivity contribution in [2.45, 2.75) is 51.4 Å². The number of nitrogens with one attached hydrogen (secondary N) is 1. The number of nitro groups is 1. The number of anilines is 1. The van der Waals surface area contributed by atoms with Gasteiger partial charge in [0.2, 0.25) is 5.91 Å². The summed E-state index contributed by atoms with van der Waals surface area (Å²) in [5, 5.41) is 22.6. The normalized spacial score (nSPS) is 11.9. The summed E-state index contributed by atoms with van der Waals surface area (Å²) < 4.78 is 7.99. The molecule has 0 radical (unpaired) electrons. The van der Waals surface area contributed by atoms with E-state index in [1.807, 2.05) is 30.5 Å². The Morgan fingerprint density at radius 2 is 1.79 bits per heavy atom. The highest BCUT2D eigenvalue weighted by Gasteiger charge is 2.19. The Kier molecular flexibility index (Phi) is 8.05. The molecule has 1 heterocycles. The molecule has 1 amide bonds. The zero-order chi connectivity index (χ0) is 24.0. The van der Waals surface area contributed by atoms with Crippen molar-refractivity contribution < 1.29 is 14.5 Å². The van der Waals surface area contributed by atoms with Gasteiger partial charge in [-0.15, -0.1) is 10.2 Å². The second kappa shape index (κ2) is 11.0. The Balaban J connectivity index is 1.60. The lowest BCUT2D eigenvalue weighted by atomic mass is 10.0. The highest BCUT2D eigenvalue weighted by molar-refractivity contribution is 7.99. The molecule has 0 spiro atoms. The fraction of sp³-hybridized carbons (Fsp3) is 0.348. The molecule has 0 aliphatic heterocycles. The number of nitro benzene ring substituents is 1. The Hall–Kier alpha value is -3.40. The molecule has 174 valence electrons. The molecule has 0 saturated carbocycles. The topological polar surface area (TPSA) is 112 Å². The zero-order valence-corrected chi connectivity index (χ0v) is 19.8. The minimum absolute atomic E-state index is 0.0295. The van der Waals surface area contributed by atoms with E-state index in [0.29, 0.717) is 29.1 Å². The van der Waals surface area contributed by atoms with Crippen molar-refractivity contribution >= 4 is 29.0 Å². The first-order valence-corrected chi connectivity index (χ1v) is 11.6. The Bertz CT molecular complexity index is 1100. The van der Waals surface area contributed by atoms with Crippen LogP contribution in [0.1, 0.15) is 51.1 Å². The second-order valence-corrected chi connectivity index (χ2v) is 8.65. The largest absolute Gasteiger partial charge is 0.483 e. The molecule has 0 fully saturated rings. The van der Waals surface area contributed by atoms with Gasteiger partial charge in [-0.1, -0.05) is 37.7 Å². The fourth-order valence-corrected chi connectivity index (χ4v) is 4.00. The van der Waals surface area contributed by atoms with Gasteiger partial charge in [0.05, 0.1) is 10.7 Å². The standard InChI is InChI=1S/C23H27N5O4S/c1-5-27-22(16(4)32-20-12-6-17(7-13-20)15(2)3)25-26-23(27)33-14-21(29)24-18-8-10-19(11-9-18)28(30)31/h6-13,15-16H,5,14H2,1-4H3,(H,24,29). The average molecular weight is 470 g/mol. The quantitative estimate of drug-likeness (QED) is 0.247. The van der Waals surface area contributed by atoms with Crippen LogP contribution in [0.15, 0.2) is 53.7 Å². The van der Waals surface area contributed by atoms with Gasteiger partial charge in [0.15, 0.2) is 17.1 Å². The highest BCUT2D eigenvalue weighted by Crippen LogP contribution is 2.26. The first-order chi connectivity index (χ1) is 15.8. The molecular formula is C23H27N5O4S. The van der Waals surface area contributed by atoms with Crippen molar-refractivity contribution in [2.75, 3.05) is 11.1 Å². The van der Waals surface area contributed by atoms with Crippen LogP contribution in [-0.4, -0.2) is 31.3 Å². The number of non-ortho nitro benzene ring substituents is 1. The molecule has 9 nitrogen and oxygen atoms in total. The number of aromatic nitrogens is 3. The third kappa shape index (κ3) is 6.32. The molecule has 0 aliphatic rings. The number of rotatable bonds is 10. The maximum Gasteiger partial charge on any atom is 0.269 e. The maximum absolute atomic E-state index is 12.3. The summed E-state index contributed by atoms with van der Waals surface area (Å²) in [5.41, 5.74) is 1.71. The van der Waals surface area contributed by atoms with E-state index in [2.05, 4.69) is 41.5 Å². The van der Waals surface area contributed by atoms with Gasteiger partial charge in [-0.25, -0.2) is 0 Å². The summed E-state index contributed by atoms with van der Waals surface area (Å²) in [6.07, 6.45) is -0.314. The number of ether oxygens (including phenoxy) is 1. The van der Waals surface area contributed by atoms with E-state index in [0.717, 1.165) is 5.75 Å². The van der Waals surface area contributed by atoms with Crippen molar-refractivity contribution in [3.05, 3.63) is 70.0 Å². The van der Waals surface area contributed by atoms with Crippen LogP contribution in [0.5, 0.6) is 5.75 Å². The summed E-state index contributed by atoms with van der Waals surface area (Å²) in [6.45, 7) is 8.83. The van der Waals surface area contributed by atoms with Gasteiger partial charge in [0, 0.05) is 24.4 Å². The molecule has 10 heteroatoms. The van der Waals surface area contributed by atoms with Crippen LogP contribution in [0.2, 0.25) is 0 Å². The molecule has 2 aromatic carbocycles. The molecule has 0 aliphatic carbocycles. The van der Waals surface area contributed by atoms with Gasteiger partial charge in [-0.2, -0.15) is 0 Å². The van der Waals surface area contributed by atoms with E-state index < -0.39 is 4.92 Å². The summed E-state index contributed by atoms with van der Waals surface area (Å²) in [6, 6.07) is 13.7. The molecule has 3 rings (SSSR count). The molecule has 0 bridgehead atoms. The molecule has 3 aromatic rings. The monoisotopic (exact) mass is 469 g/mol. The summed E-state index contributed by atoms with van der Waals surface area (Å²) in [7, 11) is 0. The Morgan fingerprint density at radius 1 is 1.12 bits per heavy atom. The summed E-state index contributed by atoms with van der Waals surface area (Å²) in [4.78, 5) is 22.6. The van der Waals surface area contributed by atoms with Crippen LogP contribution < -0.4 is 10.1 Å². The number of benzene rings is 2. The lowest BCUT2D eigenvalue weighted by molar-refractivity contribution is -0.384. The van der Waals surface area contributed by atoms with Gasteiger partial charge in [0.1, 0.15) is 5.75 Å².